The molecule has 2 aromatic rings. The Labute approximate surface area is 128 Å². The summed E-state index contributed by atoms with van der Waals surface area (Å²) in [6.07, 6.45) is 3.43. The van der Waals surface area contributed by atoms with Crippen LogP contribution in [0.15, 0.2) is 29.4 Å². The number of aromatic nitrogens is 2. The average Bonchev–Trinajstić information content (AvgIpc) is 2.88. The third-order valence-electron chi connectivity index (χ3n) is 3.14. The number of sulfone groups is 1. The van der Waals surface area contributed by atoms with E-state index in [2.05, 4.69) is 9.36 Å². The van der Waals surface area contributed by atoms with Gasteiger partial charge in [0, 0.05) is 25.5 Å². The number of anilines is 2. The van der Waals surface area contributed by atoms with E-state index in [-0.39, 0.29) is 16.5 Å². The highest BCUT2D eigenvalue weighted by atomic mass is 32.2. The Morgan fingerprint density at radius 2 is 1.95 bits per heavy atom. The van der Waals surface area contributed by atoms with Gasteiger partial charge in [0.2, 0.25) is 0 Å². The molecule has 6 nitrogen and oxygen atoms in total. The summed E-state index contributed by atoms with van der Waals surface area (Å²) in [5.74, 6) is 0.0973. The van der Waals surface area contributed by atoms with Crippen molar-refractivity contribution in [3.05, 3.63) is 30.1 Å². The van der Waals surface area contributed by atoms with Crippen molar-refractivity contribution >= 4 is 32.2 Å². The van der Waals surface area contributed by atoms with Crippen molar-refractivity contribution in [1.82, 2.24) is 9.36 Å². The summed E-state index contributed by atoms with van der Waals surface area (Å²) in [5.41, 5.74) is 6.83. The van der Waals surface area contributed by atoms with Gasteiger partial charge in [-0.25, -0.2) is 8.42 Å². The molecule has 0 bridgehead atoms. The van der Waals surface area contributed by atoms with Crippen molar-refractivity contribution in [2.45, 2.75) is 25.3 Å². The zero-order valence-electron chi connectivity index (χ0n) is 12.0. The number of hydrogen-bond acceptors (Lipinski definition) is 7. The summed E-state index contributed by atoms with van der Waals surface area (Å²) < 4.78 is 28.5. The summed E-state index contributed by atoms with van der Waals surface area (Å²) in [5, 5.41) is 0.605. The Morgan fingerprint density at radius 3 is 2.52 bits per heavy atom. The molecular formula is C13H18N4O2S2. The summed E-state index contributed by atoms with van der Waals surface area (Å²) in [6.45, 7) is 4.83. The smallest absolute Gasteiger partial charge is 0.184 e. The maximum atomic E-state index is 12.2. The monoisotopic (exact) mass is 326 g/mol. The van der Waals surface area contributed by atoms with Crippen LogP contribution in [0, 0.1) is 0 Å². The summed E-state index contributed by atoms with van der Waals surface area (Å²) in [4.78, 5) is 6.10. The van der Waals surface area contributed by atoms with E-state index in [0.717, 1.165) is 17.1 Å². The lowest BCUT2D eigenvalue weighted by molar-refractivity contribution is 0.597. The lowest BCUT2D eigenvalue weighted by Gasteiger charge is -2.22. The van der Waals surface area contributed by atoms with E-state index in [1.165, 1.54) is 0 Å². The molecule has 0 spiro atoms. The molecule has 0 aliphatic heterocycles. The van der Waals surface area contributed by atoms with Gasteiger partial charge in [0.25, 0.3) is 0 Å². The standard InChI is InChI=1S/C13H18N4O2S2/c1-3-17(9-10-5-7-15-8-6-10)13-11(12(14)16-20-13)21(18,19)4-2/h5-8H,3-4,9H2,1-2H3,(H2,14,16). The van der Waals surface area contributed by atoms with Crippen LogP contribution in [0.1, 0.15) is 19.4 Å². The van der Waals surface area contributed by atoms with E-state index in [0.29, 0.717) is 18.1 Å². The minimum atomic E-state index is -3.39. The molecule has 0 radical (unpaired) electrons. The minimum absolute atomic E-state index is 0.00935. The number of nitrogens with zero attached hydrogens (tertiary/aromatic N) is 3. The molecule has 2 rings (SSSR count). The first kappa shape index (κ1) is 15.7. The van der Waals surface area contributed by atoms with E-state index >= 15 is 0 Å². The molecule has 0 aliphatic carbocycles. The molecule has 0 saturated carbocycles. The van der Waals surface area contributed by atoms with Gasteiger partial charge in [0.05, 0.1) is 5.75 Å². The van der Waals surface area contributed by atoms with Gasteiger partial charge >= 0.3 is 0 Å². The Bertz CT molecular complexity index is 698. The van der Waals surface area contributed by atoms with Crippen LogP contribution < -0.4 is 10.6 Å². The SMILES string of the molecule is CCN(Cc1ccncc1)c1snc(N)c1S(=O)(=O)CC. The van der Waals surface area contributed by atoms with Gasteiger partial charge in [-0.1, -0.05) is 6.92 Å². The van der Waals surface area contributed by atoms with Gasteiger partial charge in [-0.15, -0.1) is 0 Å². The second-order valence-electron chi connectivity index (χ2n) is 4.48. The number of rotatable bonds is 6. The average molecular weight is 326 g/mol. The second-order valence-corrected chi connectivity index (χ2v) is 7.44. The summed E-state index contributed by atoms with van der Waals surface area (Å²) in [7, 11) is -3.39. The minimum Gasteiger partial charge on any atom is -0.382 e. The zero-order valence-corrected chi connectivity index (χ0v) is 13.6. The van der Waals surface area contributed by atoms with Crippen LogP contribution in [0.2, 0.25) is 0 Å². The molecule has 0 aromatic carbocycles. The molecular weight excluding hydrogens is 308 g/mol. The lowest BCUT2D eigenvalue weighted by Crippen LogP contribution is -2.23. The first-order chi connectivity index (χ1) is 9.99. The van der Waals surface area contributed by atoms with Crippen LogP contribution in [0.3, 0.4) is 0 Å². The fourth-order valence-electron chi connectivity index (χ4n) is 1.96. The fraction of sp³-hybridized carbons (Fsp3) is 0.385. The van der Waals surface area contributed by atoms with Crippen molar-refractivity contribution in [2.75, 3.05) is 22.9 Å². The summed E-state index contributed by atoms with van der Waals surface area (Å²) in [6, 6.07) is 3.81. The summed E-state index contributed by atoms with van der Waals surface area (Å²) >= 11 is 1.13. The van der Waals surface area contributed by atoms with Crippen LogP contribution in [0.4, 0.5) is 10.8 Å². The van der Waals surface area contributed by atoms with Crippen molar-refractivity contribution in [2.24, 2.45) is 0 Å². The van der Waals surface area contributed by atoms with Crippen LogP contribution >= 0.6 is 11.5 Å². The van der Waals surface area contributed by atoms with E-state index in [4.69, 9.17) is 5.73 Å². The predicted molar refractivity (Wildman–Crippen MR) is 85.2 cm³/mol. The zero-order chi connectivity index (χ0) is 15.5. The lowest BCUT2D eigenvalue weighted by atomic mass is 10.2. The molecule has 21 heavy (non-hydrogen) atoms. The molecule has 0 aliphatic rings. The first-order valence-corrected chi connectivity index (χ1v) is 9.04. The molecule has 0 fully saturated rings. The van der Waals surface area contributed by atoms with Gasteiger partial charge in [0.15, 0.2) is 15.7 Å². The third kappa shape index (κ3) is 3.33. The van der Waals surface area contributed by atoms with E-state index < -0.39 is 9.84 Å². The Hall–Kier alpha value is -1.67. The topological polar surface area (TPSA) is 89.2 Å². The predicted octanol–water partition coefficient (Wildman–Crippen LogP) is 1.94. The van der Waals surface area contributed by atoms with Gasteiger partial charge in [0.1, 0.15) is 9.90 Å². The van der Waals surface area contributed by atoms with Gasteiger partial charge in [-0.2, -0.15) is 4.37 Å². The van der Waals surface area contributed by atoms with Crippen LogP contribution in [-0.4, -0.2) is 30.1 Å². The molecule has 114 valence electrons. The normalized spacial score (nSPS) is 11.5. The first-order valence-electron chi connectivity index (χ1n) is 6.61. The van der Waals surface area contributed by atoms with Gasteiger partial charge < -0.3 is 10.6 Å². The maximum absolute atomic E-state index is 12.2. The largest absolute Gasteiger partial charge is 0.382 e. The molecule has 0 atom stereocenters. The van der Waals surface area contributed by atoms with Crippen molar-refractivity contribution < 1.29 is 8.42 Å². The number of nitrogens with two attached hydrogens (primary N) is 1. The van der Waals surface area contributed by atoms with Crippen LogP contribution in [-0.2, 0) is 16.4 Å². The maximum Gasteiger partial charge on any atom is 0.184 e. The molecule has 2 heterocycles. The van der Waals surface area contributed by atoms with E-state index in [1.807, 2.05) is 24.0 Å². The third-order valence-corrected chi connectivity index (χ3v) is 5.98. The quantitative estimate of drug-likeness (QED) is 0.872. The molecule has 0 saturated heterocycles. The highest BCUT2D eigenvalue weighted by molar-refractivity contribution is 7.91. The highest BCUT2D eigenvalue weighted by Crippen LogP contribution is 2.35. The Kier molecular flexibility index (Phi) is 4.79. The molecule has 2 aromatic heterocycles. The number of nitrogen functional groups attached to an aromatic ring is 1. The van der Waals surface area contributed by atoms with Crippen LogP contribution in [0.5, 0.6) is 0 Å². The highest BCUT2D eigenvalue weighted by Gasteiger charge is 2.26. The Balaban J connectivity index is 2.40. The number of hydrogen-bond donors (Lipinski definition) is 1. The van der Waals surface area contributed by atoms with E-state index in [9.17, 15) is 8.42 Å². The number of pyridine rings is 1. The molecule has 0 unspecified atom stereocenters. The van der Waals surface area contributed by atoms with Gasteiger partial charge in [-0.05, 0) is 36.2 Å². The molecule has 0 amide bonds. The second kappa shape index (κ2) is 6.40. The van der Waals surface area contributed by atoms with Gasteiger partial charge in [-0.3, -0.25) is 4.98 Å². The van der Waals surface area contributed by atoms with Crippen molar-refractivity contribution in [3.63, 3.8) is 0 Å². The van der Waals surface area contributed by atoms with Crippen molar-refractivity contribution in [3.8, 4) is 0 Å². The molecule has 2 N–H and O–H groups in total. The van der Waals surface area contributed by atoms with Crippen molar-refractivity contribution in [1.29, 1.82) is 0 Å². The van der Waals surface area contributed by atoms with Crippen LogP contribution in [0.25, 0.3) is 0 Å². The fourth-order valence-corrected chi connectivity index (χ4v) is 4.33. The van der Waals surface area contributed by atoms with E-state index in [1.54, 1.807) is 19.3 Å². The Morgan fingerprint density at radius 1 is 1.29 bits per heavy atom. The molecule has 8 heteroatoms.